The van der Waals surface area contributed by atoms with Crippen LogP contribution in [0.4, 0.5) is 0 Å². The molecule has 1 saturated heterocycles. The van der Waals surface area contributed by atoms with Gasteiger partial charge in [-0.05, 0) is 55.2 Å². The van der Waals surface area contributed by atoms with Gasteiger partial charge in [0.25, 0.3) is 5.91 Å². The van der Waals surface area contributed by atoms with E-state index in [1.807, 2.05) is 0 Å². The zero-order chi connectivity index (χ0) is 21.1. The lowest BCUT2D eigenvalue weighted by molar-refractivity contribution is 0.0716. The fourth-order valence-electron chi connectivity index (χ4n) is 3.49. The molecule has 8 nitrogen and oxygen atoms in total. The highest BCUT2D eigenvalue weighted by atomic mass is 32.2. The molecule has 158 valence electrons. The van der Waals surface area contributed by atoms with Gasteiger partial charge in [0, 0.05) is 19.6 Å². The van der Waals surface area contributed by atoms with Crippen molar-refractivity contribution < 1.29 is 22.5 Å². The Bertz CT molecular complexity index is 1150. The highest BCUT2D eigenvalue weighted by Crippen LogP contribution is 2.25. The summed E-state index contributed by atoms with van der Waals surface area (Å²) in [7, 11) is -2.21. The Morgan fingerprint density at radius 3 is 2.57 bits per heavy atom. The number of sulfonamides is 1. The molecule has 0 radical (unpaired) electrons. The number of rotatable bonds is 6. The van der Waals surface area contributed by atoms with Gasteiger partial charge in [-0.2, -0.15) is 0 Å². The predicted octanol–water partition coefficient (Wildman–Crippen LogP) is 2.94. The SMILES string of the molecule is COc1ccc(CNS(=O)(=O)c2ccc3onc(C(=O)N4CCCCC4)c3c2)cc1. The molecule has 2 heterocycles. The van der Waals surface area contributed by atoms with Crippen molar-refractivity contribution in [2.24, 2.45) is 0 Å². The molecule has 9 heteroatoms. The number of ether oxygens (including phenoxy) is 1. The molecule has 0 aliphatic carbocycles. The number of hydrogen-bond donors (Lipinski definition) is 1. The average molecular weight is 429 g/mol. The lowest BCUT2D eigenvalue weighted by Crippen LogP contribution is -2.35. The van der Waals surface area contributed by atoms with Crippen molar-refractivity contribution in [3.8, 4) is 5.75 Å². The zero-order valence-corrected chi connectivity index (χ0v) is 17.4. The van der Waals surface area contributed by atoms with Crippen LogP contribution < -0.4 is 9.46 Å². The van der Waals surface area contributed by atoms with Crippen LogP contribution in [0.1, 0.15) is 35.3 Å². The zero-order valence-electron chi connectivity index (χ0n) is 16.6. The summed E-state index contributed by atoms with van der Waals surface area (Å²) in [6.07, 6.45) is 3.01. The van der Waals surface area contributed by atoms with Crippen LogP contribution in [-0.2, 0) is 16.6 Å². The van der Waals surface area contributed by atoms with E-state index in [2.05, 4.69) is 9.88 Å². The maximum absolute atomic E-state index is 12.8. The molecule has 1 fully saturated rings. The van der Waals surface area contributed by atoms with Crippen molar-refractivity contribution in [2.45, 2.75) is 30.7 Å². The van der Waals surface area contributed by atoms with Gasteiger partial charge in [-0.3, -0.25) is 4.79 Å². The Labute approximate surface area is 174 Å². The van der Waals surface area contributed by atoms with Gasteiger partial charge in [0.2, 0.25) is 10.0 Å². The third kappa shape index (κ3) is 4.17. The molecule has 1 N–H and O–H groups in total. The van der Waals surface area contributed by atoms with Crippen molar-refractivity contribution in [1.82, 2.24) is 14.8 Å². The standard InChI is InChI=1S/C21H23N3O5S/c1-28-16-7-5-15(6-8-16)14-22-30(26,27)17-9-10-19-18(13-17)20(23-29-19)21(25)24-11-3-2-4-12-24/h5-10,13,22H,2-4,11-12,14H2,1H3. The third-order valence-corrected chi connectivity index (χ3v) is 6.62. The number of nitrogens with zero attached hydrogens (tertiary/aromatic N) is 2. The highest BCUT2D eigenvalue weighted by Gasteiger charge is 2.25. The number of nitrogens with one attached hydrogen (secondary N) is 1. The number of fused-ring (bicyclic) bond motifs is 1. The second-order valence-corrected chi connectivity index (χ2v) is 8.98. The minimum absolute atomic E-state index is 0.0550. The Morgan fingerprint density at radius 1 is 1.13 bits per heavy atom. The minimum Gasteiger partial charge on any atom is -0.497 e. The summed E-state index contributed by atoms with van der Waals surface area (Å²) in [5.41, 5.74) is 1.33. The fourth-order valence-corrected chi connectivity index (χ4v) is 4.53. The maximum Gasteiger partial charge on any atom is 0.276 e. The largest absolute Gasteiger partial charge is 0.497 e. The van der Waals surface area contributed by atoms with Gasteiger partial charge in [0.1, 0.15) is 5.75 Å². The van der Waals surface area contributed by atoms with E-state index >= 15 is 0 Å². The molecule has 0 saturated carbocycles. The molecule has 3 aromatic rings. The molecule has 1 aliphatic rings. The number of carbonyl (C=O) groups excluding carboxylic acids is 1. The average Bonchev–Trinajstić information content (AvgIpc) is 3.21. The van der Waals surface area contributed by atoms with Gasteiger partial charge < -0.3 is 14.2 Å². The van der Waals surface area contributed by atoms with Crippen molar-refractivity contribution in [1.29, 1.82) is 0 Å². The molecular formula is C21H23N3O5S. The summed E-state index contributed by atoms with van der Waals surface area (Å²) >= 11 is 0. The normalized spacial score (nSPS) is 14.8. The number of aromatic nitrogens is 1. The molecule has 0 atom stereocenters. The Kier molecular flexibility index (Phi) is 5.74. The summed E-state index contributed by atoms with van der Waals surface area (Å²) in [6.45, 7) is 1.48. The first-order valence-electron chi connectivity index (χ1n) is 9.79. The molecule has 1 aliphatic heterocycles. The second-order valence-electron chi connectivity index (χ2n) is 7.21. The van der Waals surface area contributed by atoms with Crippen LogP contribution >= 0.6 is 0 Å². The van der Waals surface area contributed by atoms with Crippen molar-refractivity contribution >= 4 is 26.9 Å². The van der Waals surface area contributed by atoms with Gasteiger partial charge in [-0.25, -0.2) is 13.1 Å². The van der Waals surface area contributed by atoms with Crippen LogP contribution in [0.25, 0.3) is 11.0 Å². The molecular weight excluding hydrogens is 406 g/mol. The quantitative estimate of drug-likeness (QED) is 0.646. The smallest absolute Gasteiger partial charge is 0.276 e. The second kappa shape index (κ2) is 8.45. The van der Waals surface area contributed by atoms with Gasteiger partial charge in [0.05, 0.1) is 17.4 Å². The summed E-state index contributed by atoms with van der Waals surface area (Å²) in [5.74, 6) is 0.472. The number of likely N-dealkylation sites (tertiary alicyclic amines) is 1. The Morgan fingerprint density at radius 2 is 1.87 bits per heavy atom. The van der Waals surface area contributed by atoms with Gasteiger partial charge in [0.15, 0.2) is 11.3 Å². The Hall–Kier alpha value is -2.91. The molecule has 0 spiro atoms. The maximum atomic E-state index is 12.8. The number of carbonyl (C=O) groups is 1. The third-order valence-electron chi connectivity index (χ3n) is 5.22. The first kappa shape index (κ1) is 20.4. The number of methoxy groups -OCH3 is 1. The van der Waals surface area contributed by atoms with E-state index in [4.69, 9.17) is 9.26 Å². The number of piperidine rings is 1. The predicted molar refractivity (Wildman–Crippen MR) is 111 cm³/mol. The molecule has 1 aromatic heterocycles. The molecule has 0 bridgehead atoms. The van der Waals surface area contributed by atoms with E-state index in [0.29, 0.717) is 29.8 Å². The van der Waals surface area contributed by atoms with E-state index < -0.39 is 10.0 Å². The van der Waals surface area contributed by atoms with E-state index in [1.165, 1.54) is 18.2 Å². The summed E-state index contributed by atoms with van der Waals surface area (Å²) in [5, 5.41) is 4.31. The van der Waals surface area contributed by atoms with E-state index in [1.54, 1.807) is 36.3 Å². The van der Waals surface area contributed by atoms with Crippen LogP contribution in [0.2, 0.25) is 0 Å². The minimum atomic E-state index is -3.79. The van der Waals surface area contributed by atoms with E-state index in [0.717, 1.165) is 24.8 Å². The number of amides is 1. The van der Waals surface area contributed by atoms with Crippen LogP contribution in [0.15, 0.2) is 51.9 Å². The number of hydrogen-bond acceptors (Lipinski definition) is 6. The highest BCUT2D eigenvalue weighted by molar-refractivity contribution is 7.89. The van der Waals surface area contributed by atoms with Gasteiger partial charge >= 0.3 is 0 Å². The summed E-state index contributed by atoms with van der Waals surface area (Å²) in [6, 6.07) is 11.5. The van der Waals surface area contributed by atoms with Gasteiger partial charge in [-0.15, -0.1) is 0 Å². The number of benzene rings is 2. The summed E-state index contributed by atoms with van der Waals surface area (Å²) in [4.78, 5) is 14.6. The first-order chi connectivity index (χ1) is 14.5. The van der Waals surface area contributed by atoms with E-state index in [9.17, 15) is 13.2 Å². The van der Waals surface area contributed by atoms with Crippen LogP contribution in [0, 0.1) is 0 Å². The topological polar surface area (TPSA) is 102 Å². The van der Waals surface area contributed by atoms with Crippen LogP contribution in [-0.4, -0.2) is 44.6 Å². The van der Waals surface area contributed by atoms with Crippen molar-refractivity contribution in [3.05, 3.63) is 53.7 Å². The molecule has 4 rings (SSSR count). The fraction of sp³-hybridized carbons (Fsp3) is 0.333. The lowest BCUT2D eigenvalue weighted by Gasteiger charge is -2.25. The molecule has 0 unspecified atom stereocenters. The van der Waals surface area contributed by atoms with Crippen molar-refractivity contribution in [3.63, 3.8) is 0 Å². The lowest BCUT2D eigenvalue weighted by atomic mass is 10.1. The van der Waals surface area contributed by atoms with Crippen LogP contribution in [0.3, 0.4) is 0 Å². The van der Waals surface area contributed by atoms with Gasteiger partial charge in [-0.1, -0.05) is 17.3 Å². The molecule has 1 amide bonds. The first-order valence-corrected chi connectivity index (χ1v) is 11.3. The van der Waals surface area contributed by atoms with E-state index in [-0.39, 0.29) is 23.0 Å². The van der Waals surface area contributed by atoms with Crippen molar-refractivity contribution in [2.75, 3.05) is 20.2 Å². The monoisotopic (exact) mass is 429 g/mol. The Balaban J connectivity index is 1.56. The molecule has 30 heavy (non-hydrogen) atoms. The van der Waals surface area contributed by atoms with Crippen LogP contribution in [0.5, 0.6) is 5.75 Å². The molecule has 2 aromatic carbocycles. The summed E-state index contributed by atoms with van der Waals surface area (Å²) < 4.78 is 38.5.